The van der Waals surface area contributed by atoms with Gasteiger partial charge in [0.2, 0.25) is 0 Å². The molecule has 2 fully saturated rings. The Kier molecular flexibility index (Phi) is 5.19. The van der Waals surface area contributed by atoms with Crippen molar-refractivity contribution in [3.63, 3.8) is 0 Å². The van der Waals surface area contributed by atoms with Crippen LogP contribution in [0.15, 0.2) is 30.3 Å². The van der Waals surface area contributed by atoms with E-state index in [4.69, 9.17) is 18.9 Å². The summed E-state index contributed by atoms with van der Waals surface area (Å²) < 4.78 is 22.0. The highest BCUT2D eigenvalue weighted by Crippen LogP contribution is 2.40. The van der Waals surface area contributed by atoms with Crippen LogP contribution in [0.1, 0.15) is 11.9 Å². The van der Waals surface area contributed by atoms with Crippen LogP contribution in [0.2, 0.25) is 0 Å². The Hall–Kier alpha value is -1.10. The van der Waals surface area contributed by atoms with Gasteiger partial charge >= 0.3 is 0 Å². The molecule has 1 aromatic carbocycles. The van der Waals surface area contributed by atoms with E-state index in [1.165, 1.54) is 7.11 Å². The van der Waals surface area contributed by atoms with Crippen molar-refractivity contribution < 1.29 is 39.4 Å². The molecule has 2 heterocycles. The molecule has 0 aromatic heterocycles. The number of ether oxygens (including phenoxy) is 4. The van der Waals surface area contributed by atoms with Crippen molar-refractivity contribution in [3.05, 3.63) is 35.9 Å². The zero-order valence-corrected chi connectivity index (χ0v) is 13.2. The van der Waals surface area contributed by atoms with Crippen LogP contribution in [0.25, 0.3) is 0 Å². The zero-order valence-electron chi connectivity index (χ0n) is 13.2. The third-order valence-corrected chi connectivity index (χ3v) is 4.53. The second-order valence-electron chi connectivity index (χ2n) is 5.94. The second kappa shape index (κ2) is 7.03. The number of rotatable bonds is 4. The Bertz CT molecular complexity index is 540. The van der Waals surface area contributed by atoms with Crippen LogP contribution in [0.4, 0.5) is 0 Å². The monoisotopic (exact) mass is 342 g/mol. The maximum atomic E-state index is 11.0. The lowest BCUT2D eigenvalue weighted by Crippen LogP contribution is -2.74. The molecule has 134 valence electrons. The molecule has 24 heavy (non-hydrogen) atoms. The van der Waals surface area contributed by atoms with E-state index in [0.29, 0.717) is 0 Å². The molecule has 4 N–H and O–H groups in total. The van der Waals surface area contributed by atoms with Gasteiger partial charge in [0.05, 0.1) is 13.2 Å². The van der Waals surface area contributed by atoms with Crippen molar-refractivity contribution >= 4 is 0 Å². The topological polar surface area (TPSA) is 118 Å². The van der Waals surface area contributed by atoms with Crippen LogP contribution in [-0.4, -0.2) is 77.1 Å². The summed E-state index contributed by atoms with van der Waals surface area (Å²) in [5, 5.41) is 40.8. The largest absolute Gasteiger partial charge is 0.394 e. The number of aliphatic hydroxyl groups excluding tert-OH is 3. The maximum absolute atomic E-state index is 11.0. The van der Waals surface area contributed by atoms with Crippen molar-refractivity contribution in [2.75, 3.05) is 20.3 Å². The summed E-state index contributed by atoms with van der Waals surface area (Å²) in [6.07, 6.45) is -7.11. The third-order valence-electron chi connectivity index (χ3n) is 4.53. The molecule has 0 saturated carbocycles. The molecule has 2 aliphatic heterocycles. The van der Waals surface area contributed by atoms with Gasteiger partial charge in [-0.2, -0.15) is 0 Å². The molecule has 1 aromatic rings. The molecule has 0 aliphatic carbocycles. The highest BCUT2D eigenvalue weighted by Gasteiger charge is 2.62. The molecular weight excluding hydrogens is 320 g/mol. The molecule has 7 atom stereocenters. The quantitative estimate of drug-likeness (QED) is 0.546. The molecule has 8 nitrogen and oxygen atoms in total. The molecule has 0 spiro atoms. The molecule has 3 rings (SSSR count). The van der Waals surface area contributed by atoms with E-state index >= 15 is 0 Å². The van der Waals surface area contributed by atoms with Gasteiger partial charge in [0.15, 0.2) is 18.2 Å². The molecule has 2 aliphatic rings. The average molecular weight is 342 g/mol. The lowest BCUT2D eigenvalue weighted by molar-refractivity contribution is -0.396. The Morgan fingerprint density at radius 2 is 2.00 bits per heavy atom. The Balaban J connectivity index is 1.90. The minimum atomic E-state index is -2.17. The number of fused-ring (bicyclic) bond motifs is 1. The molecule has 0 unspecified atom stereocenters. The number of hydrogen-bond donors (Lipinski definition) is 4. The van der Waals surface area contributed by atoms with Gasteiger partial charge in [-0.3, -0.25) is 0 Å². The third kappa shape index (κ3) is 2.85. The highest BCUT2D eigenvalue weighted by molar-refractivity contribution is 5.17. The fraction of sp³-hybridized carbons (Fsp3) is 0.625. The van der Waals surface area contributed by atoms with Crippen molar-refractivity contribution in [2.45, 2.75) is 42.6 Å². The Morgan fingerprint density at radius 1 is 1.29 bits per heavy atom. The average Bonchev–Trinajstić information content (AvgIpc) is 2.64. The van der Waals surface area contributed by atoms with Gasteiger partial charge in [-0.05, 0) is 0 Å². The van der Waals surface area contributed by atoms with Crippen LogP contribution in [0.5, 0.6) is 0 Å². The molecular formula is C16H22O8. The fourth-order valence-electron chi connectivity index (χ4n) is 3.18. The van der Waals surface area contributed by atoms with Crippen molar-refractivity contribution in [2.24, 2.45) is 0 Å². The predicted molar refractivity (Wildman–Crippen MR) is 79.7 cm³/mol. The summed E-state index contributed by atoms with van der Waals surface area (Å²) in [7, 11) is 1.30. The van der Waals surface area contributed by atoms with Crippen LogP contribution >= 0.6 is 0 Å². The van der Waals surface area contributed by atoms with Gasteiger partial charge in [0, 0.05) is 12.7 Å². The molecule has 2 saturated heterocycles. The van der Waals surface area contributed by atoms with Gasteiger partial charge in [-0.1, -0.05) is 30.3 Å². The van der Waals surface area contributed by atoms with Crippen LogP contribution in [0.3, 0.4) is 0 Å². The smallest absolute Gasteiger partial charge is 0.186 e. The van der Waals surface area contributed by atoms with Gasteiger partial charge in [-0.25, -0.2) is 0 Å². The second-order valence-corrected chi connectivity index (χ2v) is 5.94. The maximum Gasteiger partial charge on any atom is 0.186 e. The number of aliphatic hydroxyl groups is 4. The van der Waals surface area contributed by atoms with E-state index in [1.807, 2.05) is 18.2 Å². The molecule has 8 heteroatoms. The zero-order chi connectivity index (χ0) is 17.3. The Morgan fingerprint density at radius 3 is 2.62 bits per heavy atom. The van der Waals surface area contributed by atoms with Gasteiger partial charge in [-0.15, -0.1) is 0 Å². The first-order chi connectivity index (χ1) is 11.5. The minimum Gasteiger partial charge on any atom is -0.394 e. The molecule has 0 amide bonds. The highest BCUT2D eigenvalue weighted by atomic mass is 16.8. The molecule has 0 radical (unpaired) electrons. The van der Waals surface area contributed by atoms with Crippen LogP contribution < -0.4 is 0 Å². The van der Waals surface area contributed by atoms with Gasteiger partial charge < -0.3 is 39.4 Å². The SMILES string of the molecule is CO[C@H]1O[C@@H]2CO[C@@H](c3ccccc3)O[C@H]2[C@@](O)([C@@H](O)CO)[C@H]1O. The van der Waals surface area contributed by atoms with E-state index < -0.39 is 49.2 Å². The van der Waals surface area contributed by atoms with E-state index in [9.17, 15) is 20.4 Å². The standard InChI is InChI=1S/C16H22O8/c1-21-15-12(19)16(20,11(18)7-17)13-10(23-15)8-22-14(24-13)9-5-3-2-4-6-9/h2-6,10-15,17-20H,7-8H2,1H3/t10-,11+,12+,13-,14-,15+,16-/m1/s1. The minimum absolute atomic E-state index is 0.0667. The molecule has 0 bridgehead atoms. The van der Waals surface area contributed by atoms with Crippen LogP contribution in [-0.2, 0) is 18.9 Å². The van der Waals surface area contributed by atoms with E-state index in [2.05, 4.69) is 0 Å². The normalized spacial score (nSPS) is 40.8. The van der Waals surface area contributed by atoms with Crippen molar-refractivity contribution in [1.82, 2.24) is 0 Å². The first kappa shape index (κ1) is 17.7. The summed E-state index contributed by atoms with van der Waals surface area (Å²) in [6, 6.07) is 9.07. The number of methoxy groups -OCH3 is 1. The summed E-state index contributed by atoms with van der Waals surface area (Å²) in [4.78, 5) is 0. The van der Waals surface area contributed by atoms with Gasteiger partial charge in [0.1, 0.15) is 24.4 Å². The van der Waals surface area contributed by atoms with E-state index in [0.717, 1.165) is 5.56 Å². The summed E-state index contributed by atoms with van der Waals surface area (Å²) in [5.74, 6) is 0. The summed E-state index contributed by atoms with van der Waals surface area (Å²) in [6.45, 7) is -0.690. The number of benzene rings is 1. The number of hydrogen-bond acceptors (Lipinski definition) is 8. The van der Waals surface area contributed by atoms with Crippen molar-refractivity contribution in [1.29, 1.82) is 0 Å². The van der Waals surface area contributed by atoms with Gasteiger partial charge in [0.25, 0.3) is 0 Å². The van der Waals surface area contributed by atoms with E-state index in [1.54, 1.807) is 12.1 Å². The van der Waals surface area contributed by atoms with Crippen LogP contribution in [0, 0.1) is 0 Å². The summed E-state index contributed by atoms with van der Waals surface area (Å²) >= 11 is 0. The summed E-state index contributed by atoms with van der Waals surface area (Å²) in [5.41, 5.74) is -1.45. The van der Waals surface area contributed by atoms with E-state index in [-0.39, 0.29) is 6.61 Å². The lowest BCUT2D eigenvalue weighted by atomic mass is 9.79. The van der Waals surface area contributed by atoms with Crippen molar-refractivity contribution in [3.8, 4) is 0 Å². The predicted octanol–water partition coefficient (Wildman–Crippen LogP) is -1.08. The first-order valence-corrected chi connectivity index (χ1v) is 7.72. The first-order valence-electron chi connectivity index (χ1n) is 7.72. The fourth-order valence-corrected chi connectivity index (χ4v) is 3.18. The lowest BCUT2D eigenvalue weighted by Gasteiger charge is -2.53. The Labute approximate surface area is 139 Å².